The SMILES string of the molecule is N#CCc1ncc(CN2CCNCC2)s1. The van der Waals surface area contributed by atoms with E-state index in [4.69, 9.17) is 5.26 Å². The Bertz CT molecular complexity index is 349. The molecule has 2 rings (SSSR count). The lowest BCUT2D eigenvalue weighted by Crippen LogP contribution is -2.42. The minimum Gasteiger partial charge on any atom is -0.314 e. The molecular formula is C10H14N4S. The van der Waals surface area contributed by atoms with Gasteiger partial charge in [0.05, 0.1) is 12.5 Å². The molecular weight excluding hydrogens is 208 g/mol. The molecule has 0 unspecified atom stereocenters. The third-order valence-corrected chi connectivity index (χ3v) is 3.40. The van der Waals surface area contributed by atoms with Gasteiger partial charge in [0.15, 0.2) is 0 Å². The Morgan fingerprint density at radius 3 is 3.07 bits per heavy atom. The van der Waals surface area contributed by atoms with Crippen LogP contribution in [-0.4, -0.2) is 36.1 Å². The summed E-state index contributed by atoms with van der Waals surface area (Å²) >= 11 is 1.66. The maximum atomic E-state index is 8.55. The van der Waals surface area contributed by atoms with Gasteiger partial charge in [-0.15, -0.1) is 11.3 Å². The molecule has 1 N–H and O–H groups in total. The molecule has 4 nitrogen and oxygen atoms in total. The molecule has 2 heterocycles. The highest BCUT2D eigenvalue weighted by atomic mass is 32.1. The van der Waals surface area contributed by atoms with Gasteiger partial charge in [0, 0.05) is 43.8 Å². The second-order valence-electron chi connectivity index (χ2n) is 3.58. The van der Waals surface area contributed by atoms with Crippen LogP contribution in [0.5, 0.6) is 0 Å². The van der Waals surface area contributed by atoms with Gasteiger partial charge in [-0.1, -0.05) is 0 Å². The van der Waals surface area contributed by atoms with Gasteiger partial charge in [-0.25, -0.2) is 4.98 Å². The first-order chi connectivity index (χ1) is 7.38. The summed E-state index contributed by atoms with van der Waals surface area (Å²) in [5.74, 6) is 0. The van der Waals surface area contributed by atoms with Crippen LogP contribution in [0.3, 0.4) is 0 Å². The van der Waals surface area contributed by atoms with E-state index in [2.05, 4.69) is 21.3 Å². The normalized spacial score (nSPS) is 17.5. The standard InChI is InChI=1S/C10H14N4S/c11-2-1-10-13-7-9(15-10)8-14-5-3-12-4-6-14/h7,12H,1,3-6,8H2. The Labute approximate surface area is 93.5 Å². The van der Waals surface area contributed by atoms with Crippen LogP contribution in [0.2, 0.25) is 0 Å². The molecule has 1 saturated heterocycles. The fraction of sp³-hybridized carbons (Fsp3) is 0.600. The average Bonchev–Trinajstić information content (AvgIpc) is 2.68. The van der Waals surface area contributed by atoms with E-state index >= 15 is 0 Å². The molecule has 1 aliphatic heterocycles. The van der Waals surface area contributed by atoms with E-state index in [0.717, 1.165) is 37.7 Å². The Hall–Kier alpha value is -0.960. The van der Waals surface area contributed by atoms with Crippen LogP contribution in [-0.2, 0) is 13.0 Å². The van der Waals surface area contributed by atoms with E-state index in [1.165, 1.54) is 4.88 Å². The van der Waals surface area contributed by atoms with E-state index in [-0.39, 0.29) is 0 Å². The van der Waals surface area contributed by atoms with Gasteiger partial charge in [-0.2, -0.15) is 5.26 Å². The molecule has 0 saturated carbocycles. The minimum atomic E-state index is 0.437. The van der Waals surface area contributed by atoms with Crippen LogP contribution in [0.15, 0.2) is 6.20 Å². The summed E-state index contributed by atoms with van der Waals surface area (Å²) in [5.41, 5.74) is 0. The molecule has 1 aromatic heterocycles. The summed E-state index contributed by atoms with van der Waals surface area (Å²) in [5, 5.41) is 12.8. The van der Waals surface area contributed by atoms with Crippen LogP contribution in [0.4, 0.5) is 0 Å². The quantitative estimate of drug-likeness (QED) is 0.814. The van der Waals surface area contributed by atoms with E-state index in [1.54, 1.807) is 11.3 Å². The number of thiazole rings is 1. The second-order valence-corrected chi connectivity index (χ2v) is 4.78. The Morgan fingerprint density at radius 2 is 2.33 bits per heavy atom. The minimum absolute atomic E-state index is 0.437. The molecule has 1 aliphatic rings. The van der Waals surface area contributed by atoms with E-state index in [1.807, 2.05) is 6.20 Å². The van der Waals surface area contributed by atoms with Crippen molar-refractivity contribution >= 4 is 11.3 Å². The zero-order valence-corrected chi connectivity index (χ0v) is 9.39. The first kappa shape index (κ1) is 10.6. The second kappa shape index (κ2) is 5.21. The zero-order chi connectivity index (χ0) is 10.5. The Balaban J connectivity index is 1.89. The number of nitrogens with one attached hydrogen (secondary N) is 1. The van der Waals surface area contributed by atoms with Crippen molar-refractivity contribution in [1.82, 2.24) is 15.2 Å². The Kier molecular flexibility index (Phi) is 3.67. The van der Waals surface area contributed by atoms with Crippen molar-refractivity contribution in [3.05, 3.63) is 16.1 Å². The molecule has 0 atom stereocenters. The number of aromatic nitrogens is 1. The predicted octanol–water partition coefficient (Wildman–Crippen LogP) is 0.614. The number of hydrogen-bond acceptors (Lipinski definition) is 5. The van der Waals surface area contributed by atoms with Crippen molar-refractivity contribution in [1.29, 1.82) is 5.26 Å². The van der Waals surface area contributed by atoms with Crippen molar-refractivity contribution in [3.63, 3.8) is 0 Å². The van der Waals surface area contributed by atoms with Crippen LogP contribution in [0, 0.1) is 11.3 Å². The van der Waals surface area contributed by atoms with Gasteiger partial charge >= 0.3 is 0 Å². The maximum absolute atomic E-state index is 8.55. The topological polar surface area (TPSA) is 52.0 Å². The molecule has 0 bridgehead atoms. The summed E-state index contributed by atoms with van der Waals surface area (Å²) in [6, 6.07) is 2.13. The summed E-state index contributed by atoms with van der Waals surface area (Å²) in [4.78, 5) is 7.91. The average molecular weight is 222 g/mol. The highest BCUT2D eigenvalue weighted by molar-refractivity contribution is 7.11. The van der Waals surface area contributed by atoms with Crippen molar-refractivity contribution in [2.24, 2.45) is 0 Å². The predicted molar refractivity (Wildman–Crippen MR) is 59.6 cm³/mol. The van der Waals surface area contributed by atoms with E-state index in [0.29, 0.717) is 6.42 Å². The number of hydrogen-bond donors (Lipinski definition) is 1. The molecule has 5 heteroatoms. The fourth-order valence-corrected chi connectivity index (χ4v) is 2.56. The molecule has 0 aliphatic carbocycles. The van der Waals surface area contributed by atoms with Gasteiger partial charge in [0.1, 0.15) is 5.01 Å². The fourth-order valence-electron chi connectivity index (χ4n) is 1.66. The molecule has 0 radical (unpaired) electrons. The van der Waals surface area contributed by atoms with Crippen molar-refractivity contribution < 1.29 is 0 Å². The first-order valence-corrected chi connectivity index (χ1v) is 5.94. The van der Waals surface area contributed by atoms with Gasteiger partial charge < -0.3 is 5.32 Å². The van der Waals surface area contributed by atoms with Crippen LogP contribution < -0.4 is 5.32 Å². The lowest BCUT2D eigenvalue weighted by atomic mass is 10.3. The molecule has 1 aromatic rings. The monoisotopic (exact) mass is 222 g/mol. The van der Waals surface area contributed by atoms with Gasteiger partial charge in [-0.05, 0) is 0 Å². The van der Waals surface area contributed by atoms with Crippen molar-refractivity contribution in [3.8, 4) is 6.07 Å². The lowest BCUT2D eigenvalue weighted by Gasteiger charge is -2.26. The van der Waals surface area contributed by atoms with Gasteiger partial charge in [0.25, 0.3) is 0 Å². The molecule has 80 valence electrons. The number of piperazine rings is 1. The smallest absolute Gasteiger partial charge is 0.107 e. The Morgan fingerprint density at radius 1 is 1.53 bits per heavy atom. The van der Waals surface area contributed by atoms with Crippen molar-refractivity contribution in [2.75, 3.05) is 26.2 Å². The largest absolute Gasteiger partial charge is 0.314 e. The summed E-state index contributed by atoms with van der Waals surface area (Å²) in [6.07, 6.45) is 2.34. The van der Waals surface area contributed by atoms with Crippen LogP contribution in [0.25, 0.3) is 0 Å². The lowest BCUT2D eigenvalue weighted by molar-refractivity contribution is 0.235. The summed E-state index contributed by atoms with van der Waals surface area (Å²) in [7, 11) is 0. The number of nitrogens with zero attached hydrogens (tertiary/aromatic N) is 3. The molecule has 1 fully saturated rings. The molecule has 0 spiro atoms. The zero-order valence-electron chi connectivity index (χ0n) is 8.57. The number of nitriles is 1. The highest BCUT2D eigenvalue weighted by Gasteiger charge is 2.11. The molecule has 0 amide bonds. The highest BCUT2D eigenvalue weighted by Crippen LogP contribution is 2.15. The van der Waals surface area contributed by atoms with Gasteiger partial charge in [-0.3, -0.25) is 4.90 Å². The summed E-state index contributed by atoms with van der Waals surface area (Å²) < 4.78 is 0. The molecule has 15 heavy (non-hydrogen) atoms. The maximum Gasteiger partial charge on any atom is 0.107 e. The van der Waals surface area contributed by atoms with E-state index < -0.39 is 0 Å². The van der Waals surface area contributed by atoms with E-state index in [9.17, 15) is 0 Å². The van der Waals surface area contributed by atoms with Crippen LogP contribution >= 0.6 is 11.3 Å². The van der Waals surface area contributed by atoms with Gasteiger partial charge in [0.2, 0.25) is 0 Å². The van der Waals surface area contributed by atoms with Crippen molar-refractivity contribution in [2.45, 2.75) is 13.0 Å². The third kappa shape index (κ3) is 2.99. The third-order valence-electron chi connectivity index (χ3n) is 2.42. The van der Waals surface area contributed by atoms with Crippen LogP contribution in [0.1, 0.15) is 9.88 Å². The molecule has 0 aromatic carbocycles. The number of rotatable bonds is 3. The first-order valence-electron chi connectivity index (χ1n) is 5.12. The summed E-state index contributed by atoms with van der Waals surface area (Å²) in [6.45, 7) is 5.33.